The standard InChI is InChI=1S/C30H34N2O5S.C29H34N2O4S/c33-18-28-26-13-12-25(16-23(26)17-27(28)20-4-2-1-3-5-20)38(35,36)31-24-10-8-22(9-11-24)30(34)32-14-15-37-19-29(32)21-6-7-21;32-29(31-14-15-35-19-28(31)21-6-7-21)22-8-11-26(12-9-22)30-36(33,34)27-13-10-23-16-24(17-25(23)18-27)20-4-2-1-3-5-20/h1-5,12-13,16,18,21-22,24,29,31H,6-11,14-15,17,19H2;1-5,10,13,16,18,21-22,26,28,30H,6-9,11-12,14-15,17,19H2/t22?,24?,29-;22?,26?,28-/m11/s1. The number of nitrogens with zero attached hydrogens (tertiary/aromatic N) is 2. The highest BCUT2D eigenvalue weighted by Gasteiger charge is 2.43. The normalized spacial score (nSPS) is 26.1. The van der Waals surface area contributed by atoms with Crippen molar-refractivity contribution in [2.75, 3.05) is 39.5 Å². The summed E-state index contributed by atoms with van der Waals surface area (Å²) < 4.78 is 70.2. The Morgan fingerprint density at radius 3 is 1.54 bits per heavy atom. The maximum atomic E-state index is 13.3. The smallest absolute Gasteiger partial charge is 0.240 e. The molecular formula is C59H68N4O9S2. The van der Waals surface area contributed by atoms with Crippen molar-refractivity contribution in [2.24, 2.45) is 23.7 Å². The molecule has 6 aliphatic carbocycles. The first-order valence-electron chi connectivity index (χ1n) is 27.0. The molecule has 15 heteroatoms. The molecule has 0 spiro atoms. The van der Waals surface area contributed by atoms with Crippen LogP contribution in [0, 0.1) is 23.7 Å². The van der Waals surface area contributed by atoms with Crippen molar-refractivity contribution in [1.82, 2.24) is 19.2 Å². The zero-order valence-corrected chi connectivity index (χ0v) is 43.7. The highest BCUT2D eigenvalue weighted by Crippen LogP contribution is 2.42. The quantitative estimate of drug-likeness (QED) is 0.126. The van der Waals surface area contributed by atoms with Crippen LogP contribution in [0.5, 0.6) is 0 Å². The van der Waals surface area contributed by atoms with E-state index in [9.17, 15) is 31.2 Å². The van der Waals surface area contributed by atoms with E-state index in [1.807, 2.05) is 65.6 Å². The van der Waals surface area contributed by atoms with E-state index >= 15 is 0 Å². The molecule has 2 aliphatic heterocycles. The van der Waals surface area contributed by atoms with Crippen LogP contribution in [0.2, 0.25) is 0 Å². The maximum absolute atomic E-state index is 13.3. The lowest BCUT2D eigenvalue weighted by Gasteiger charge is -2.39. The first kappa shape index (κ1) is 50.8. The van der Waals surface area contributed by atoms with Crippen molar-refractivity contribution in [2.45, 2.75) is 124 Å². The summed E-state index contributed by atoms with van der Waals surface area (Å²) in [6.07, 6.45) is 14.5. The van der Waals surface area contributed by atoms with Crippen molar-refractivity contribution in [3.8, 4) is 0 Å². The molecule has 2 saturated heterocycles. The van der Waals surface area contributed by atoms with E-state index in [0.717, 1.165) is 58.9 Å². The average molecular weight is 1040 g/mol. The fourth-order valence-corrected chi connectivity index (χ4v) is 15.2. The van der Waals surface area contributed by atoms with E-state index < -0.39 is 20.0 Å². The third-order valence-corrected chi connectivity index (χ3v) is 20.0. The Balaban J connectivity index is 0.000000159. The van der Waals surface area contributed by atoms with Gasteiger partial charge in [-0.3, -0.25) is 14.4 Å². The lowest BCUT2D eigenvalue weighted by Crippen LogP contribution is -2.52. The lowest BCUT2D eigenvalue weighted by molar-refractivity contribution is -0.147. The number of carbonyl (C=O) groups excluding carboxylic acids is 3. The van der Waals surface area contributed by atoms with Gasteiger partial charge in [-0.15, -0.1) is 0 Å². The Morgan fingerprint density at radius 1 is 0.554 bits per heavy atom. The summed E-state index contributed by atoms with van der Waals surface area (Å²) in [5.41, 5.74) is 8.66. The molecule has 6 fully saturated rings. The van der Waals surface area contributed by atoms with E-state index in [2.05, 4.69) is 32.6 Å². The number of aldehydes is 1. The molecule has 0 radical (unpaired) electrons. The number of fused-ring (bicyclic) bond motifs is 2. The number of carbonyl (C=O) groups is 3. The van der Waals surface area contributed by atoms with Crippen LogP contribution in [0.3, 0.4) is 0 Å². The van der Waals surface area contributed by atoms with Gasteiger partial charge in [-0.25, -0.2) is 26.3 Å². The second kappa shape index (κ2) is 21.7. The number of morpholine rings is 2. The van der Waals surface area contributed by atoms with Gasteiger partial charge in [0.05, 0.1) is 48.3 Å². The van der Waals surface area contributed by atoms with Gasteiger partial charge in [-0.2, -0.15) is 0 Å². The largest absolute Gasteiger partial charge is 0.377 e. The lowest BCUT2D eigenvalue weighted by atomic mass is 9.85. The minimum atomic E-state index is -3.73. The molecule has 2 heterocycles. The van der Waals surface area contributed by atoms with Crippen LogP contribution >= 0.6 is 0 Å². The van der Waals surface area contributed by atoms with Crippen LogP contribution in [0.4, 0.5) is 0 Å². The molecule has 0 bridgehead atoms. The van der Waals surface area contributed by atoms with Gasteiger partial charge >= 0.3 is 0 Å². The summed E-state index contributed by atoms with van der Waals surface area (Å²) in [4.78, 5) is 43.1. The molecule has 2 N–H and O–H groups in total. The minimum absolute atomic E-state index is 0.00687. The Labute approximate surface area is 436 Å². The molecule has 0 unspecified atom stereocenters. The van der Waals surface area contributed by atoms with Crippen molar-refractivity contribution in [3.63, 3.8) is 0 Å². The molecular weight excluding hydrogens is 973 g/mol. The Bertz CT molecular complexity index is 3030. The summed E-state index contributed by atoms with van der Waals surface area (Å²) in [6, 6.07) is 30.5. The van der Waals surface area contributed by atoms with E-state index in [0.29, 0.717) is 107 Å². The zero-order chi connectivity index (χ0) is 51.0. The van der Waals surface area contributed by atoms with E-state index in [1.165, 1.54) is 36.8 Å². The van der Waals surface area contributed by atoms with Gasteiger partial charge < -0.3 is 19.3 Å². The van der Waals surface area contributed by atoms with Gasteiger partial charge in [0.15, 0.2) is 6.29 Å². The topological polar surface area (TPSA) is 168 Å². The van der Waals surface area contributed by atoms with Crippen molar-refractivity contribution < 1.29 is 40.7 Å². The number of ether oxygens (including phenoxy) is 2. The molecule has 74 heavy (non-hydrogen) atoms. The van der Waals surface area contributed by atoms with Crippen molar-refractivity contribution >= 4 is 60.9 Å². The molecule has 4 saturated carbocycles. The van der Waals surface area contributed by atoms with Crippen LogP contribution in [-0.4, -0.2) is 108 Å². The Kier molecular flexibility index (Phi) is 14.9. The van der Waals surface area contributed by atoms with Crippen LogP contribution in [0.25, 0.3) is 22.8 Å². The SMILES string of the molecule is O=C(C1CCC(NS(=O)(=O)c2ccc3c(c2)CC(c2ccccc2)=C3)CC1)N1CCOC[C@@H]1C1CC1.O=CC1=C(c2ccccc2)Cc2cc(S(=O)(=O)NC3CCC(C(=O)N4CCOC[C@@H]4C4CC4)CC3)ccc21. The molecule has 2 amide bonds. The molecule has 2 atom stereocenters. The summed E-state index contributed by atoms with van der Waals surface area (Å²) in [7, 11) is -7.35. The maximum Gasteiger partial charge on any atom is 0.240 e. The van der Waals surface area contributed by atoms with E-state index in [1.54, 1.807) is 24.3 Å². The van der Waals surface area contributed by atoms with Crippen molar-refractivity contribution in [3.05, 3.63) is 130 Å². The molecule has 0 aromatic heterocycles. The first-order chi connectivity index (χ1) is 35.9. The van der Waals surface area contributed by atoms with Crippen LogP contribution in [-0.2, 0) is 56.7 Å². The van der Waals surface area contributed by atoms with E-state index in [4.69, 9.17) is 9.47 Å². The molecule has 13 nitrogen and oxygen atoms in total. The number of nitrogens with one attached hydrogen (secondary N) is 2. The molecule has 390 valence electrons. The fraction of sp³-hybridized carbons (Fsp3) is 0.475. The molecule has 12 rings (SSSR count). The third kappa shape index (κ3) is 11.2. The van der Waals surface area contributed by atoms with Gasteiger partial charge in [-0.05, 0) is 171 Å². The Morgan fingerprint density at radius 2 is 1.04 bits per heavy atom. The number of rotatable bonds is 13. The molecule has 8 aliphatic rings. The number of amides is 2. The van der Waals surface area contributed by atoms with Crippen LogP contribution in [0.15, 0.2) is 107 Å². The minimum Gasteiger partial charge on any atom is -0.377 e. The van der Waals surface area contributed by atoms with E-state index in [-0.39, 0.29) is 52.7 Å². The highest BCUT2D eigenvalue weighted by molar-refractivity contribution is 7.89. The monoisotopic (exact) mass is 1040 g/mol. The third-order valence-electron chi connectivity index (χ3n) is 16.9. The fourth-order valence-electron chi connectivity index (χ4n) is 12.4. The van der Waals surface area contributed by atoms with Gasteiger partial charge in [-0.1, -0.05) is 78.9 Å². The average Bonchev–Trinajstić information content (AvgIpc) is 4.38. The number of hydrogen-bond acceptors (Lipinski definition) is 9. The number of benzene rings is 4. The summed E-state index contributed by atoms with van der Waals surface area (Å²) in [6.45, 7) is 3.87. The number of allylic oxidation sites excluding steroid dienone is 3. The molecule has 4 aromatic rings. The van der Waals surface area contributed by atoms with Crippen LogP contribution in [0.1, 0.15) is 110 Å². The summed E-state index contributed by atoms with van der Waals surface area (Å²) >= 11 is 0. The number of sulfonamides is 2. The first-order valence-corrected chi connectivity index (χ1v) is 30.0. The second-order valence-electron chi connectivity index (χ2n) is 21.8. The predicted octanol–water partition coefficient (Wildman–Crippen LogP) is 8.08. The van der Waals surface area contributed by atoms with Crippen molar-refractivity contribution in [1.29, 1.82) is 0 Å². The zero-order valence-electron chi connectivity index (χ0n) is 42.0. The second-order valence-corrected chi connectivity index (χ2v) is 25.2. The molecule has 4 aromatic carbocycles. The number of hydrogen-bond donors (Lipinski definition) is 2. The van der Waals surface area contributed by atoms with Crippen LogP contribution < -0.4 is 9.44 Å². The van der Waals surface area contributed by atoms with Gasteiger partial charge in [0.2, 0.25) is 31.9 Å². The van der Waals surface area contributed by atoms with Gasteiger partial charge in [0, 0.05) is 42.6 Å². The summed E-state index contributed by atoms with van der Waals surface area (Å²) in [5.74, 6) is 1.60. The van der Waals surface area contributed by atoms with Gasteiger partial charge in [0.1, 0.15) is 0 Å². The summed E-state index contributed by atoms with van der Waals surface area (Å²) in [5, 5.41) is 0. The Hall–Kier alpha value is -5.29. The highest BCUT2D eigenvalue weighted by atomic mass is 32.2. The predicted molar refractivity (Wildman–Crippen MR) is 284 cm³/mol. The van der Waals surface area contributed by atoms with Gasteiger partial charge in [0.25, 0.3) is 0 Å².